The van der Waals surface area contributed by atoms with Gasteiger partial charge in [-0.15, -0.1) is 0 Å². The van der Waals surface area contributed by atoms with Gasteiger partial charge in [0.1, 0.15) is 0 Å². The van der Waals surface area contributed by atoms with E-state index in [-0.39, 0.29) is 23.9 Å². The van der Waals surface area contributed by atoms with Gasteiger partial charge in [-0.25, -0.2) is 0 Å². The Kier molecular flexibility index (Phi) is 5.01. The van der Waals surface area contributed by atoms with Gasteiger partial charge >= 0.3 is 0 Å². The summed E-state index contributed by atoms with van der Waals surface area (Å²) in [5.41, 5.74) is 5.94. The first-order valence-corrected chi connectivity index (χ1v) is 7.46. The maximum atomic E-state index is 12.2. The molecule has 4 nitrogen and oxygen atoms in total. The smallest absolute Gasteiger partial charge is 0.223 e. The average Bonchev–Trinajstić information content (AvgIpc) is 2.39. The zero-order valence-corrected chi connectivity index (χ0v) is 11.5. The van der Waals surface area contributed by atoms with Crippen LogP contribution in [0.5, 0.6) is 0 Å². The third-order valence-electron chi connectivity index (χ3n) is 4.41. The fraction of sp³-hybridized carbons (Fsp3) is 0.929. The van der Waals surface area contributed by atoms with E-state index in [0.717, 1.165) is 32.2 Å². The number of nitrogens with one attached hydrogen (secondary N) is 2. The summed E-state index contributed by atoms with van der Waals surface area (Å²) in [7, 11) is 0. The summed E-state index contributed by atoms with van der Waals surface area (Å²) in [5, 5.41) is 6.68. The van der Waals surface area contributed by atoms with Gasteiger partial charge in [0.25, 0.3) is 0 Å². The highest BCUT2D eigenvalue weighted by Crippen LogP contribution is 2.23. The second kappa shape index (κ2) is 6.53. The van der Waals surface area contributed by atoms with E-state index in [0.29, 0.717) is 6.04 Å². The molecule has 0 unspecified atom stereocenters. The highest BCUT2D eigenvalue weighted by atomic mass is 16.1. The van der Waals surface area contributed by atoms with Crippen LogP contribution in [0.2, 0.25) is 0 Å². The summed E-state index contributed by atoms with van der Waals surface area (Å²) in [5.74, 6) is 0.352. The Hall–Kier alpha value is -0.610. The van der Waals surface area contributed by atoms with Gasteiger partial charge in [0.05, 0.1) is 0 Å². The number of carbonyl (C=O) groups is 1. The van der Waals surface area contributed by atoms with Crippen LogP contribution in [0.1, 0.15) is 51.9 Å². The molecule has 1 aliphatic heterocycles. The molecular weight excluding hydrogens is 226 g/mol. The molecule has 1 amide bonds. The van der Waals surface area contributed by atoms with E-state index in [1.165, 1.54) is 19.3 Å². The second-order valence-electron chi connectivity index (χ2n) is 5.98. The molecule has 0 bridgehead atoms. The van der Waals surface area contributed by atoms with Crippen molar-refractivity contribution in [1.29, 1.82) is 0 Å². The molecule has 1 heterocycles. The number of rotatable bonds is 3. The predicted molar refractivity (Wildman–Crippen MR) is 73.2 cm³/mol. The summed E-state index contributed by atoms with van der Waals surface area (Å²) >= 11 is 0. The lowest BCUT2D eigenvalue weighted by Crippen LogP contribution is -2.52. The van der Waals surface area contributed by atoms with Crippen LogP contribution >= 0.6 is 0 Å². The minimum absolute atomic E-state index is 0.139. The zero-order valence-electron chi connectivity index (χ0n) is 11.5. The van der Waals surface area contributed by atoms with Gasteiger partial charge in [-0.3, -0.25) is 4.79 Å². The van der Waals surface area contributed by atoms with E-state index in [1.807, 2.05) is 0 Å². The molecule has 2 aliphatic rings. The van der Waals surface area contributed by atoms with Gasteiger partial charge in [-0.2, -0.15) is 0 Å². The molecule has 18 heavy (non-hydrogen) atoms. The number of hydrogen-bond acceptors (Lipinski definition) is 3. The molecule has 0 aromatic rings. The van der Waals surface area contributed by atoms with E-state index in [9.17, 15) is 4.79 Å². The fourth-order valence-corrected chi connectivity index (χ4v) is 3.21. The lowest BCUT2D eigenvalue weighted by atomic mass is 9.85. The maximum Gasteiger partial charge on any atom is 0.223 e. The standard InChI is InChI=1S/C14H27N3O/c1-10(13-7-2-3-8-16-13)17-14(18)11-5-4-6-12(15)9-11/h10-13,16H,2-9,15H2,1H3,(H,17,18)/t10-,11+,12+,13-/m0/s1. The first-order valence-electron chi connectivity index (χ1n) is 7.46. The van der Waals surface area contributed by atoms with E-state index < -0.39 is 0 Å². The quantitative estimate of drug-likeness (QED) is 0.707. The van der Waals surface area contributed by atoms with Crippen LogP contribution in [-0.2, 0) is 4.79 Å². The van der Waals surface area contributed by atoms with Crippen molar-refractivity contribution >= 4 is 5.91 Å². The largest absolute Gasteiger partial charge is 0.352 e. The molecule has 1 saturated carbocycles. The number of nitrogens with two attached hydrogens (primary N) is 1. The molecule has 1 aliphatic carbocycles. The van der Waals surface area contributed by atoms with Crippen LogP contribution in [0.3, 0.4) is 0 Å². The van der Waals surface area contributed by atoms with Crippen LogP contribution in [-0.4, -0.2) is 30.6 Å². The van der Waals surface area contributed by atoms with Crippen molar-refractivity contribution in [3.8, 4) is 0 Å². The Labute approximate surface area is 110 Å². The molecule has 4 heteroatoms. The van der Waals surface area contributed by atoms with Gasteiger partial charge < -0.3 is 16.4 Å². The lowest BCUT2D eigenvalue weighted by molar-refractivity contribution is -0.127. The Balaban J connectivity index is 1.78. The van der Waals surface area contributed by atoms with Crippen LogP contribution in [0.25, 0.3) is 0 Å². The Morgan fingerprint density at radius 3 is 2.78 bits per heavy atom. The van der Waals surface area contributed by atoms with E-state index in [4.69, 9.17) is 5.73 Å². The van der Waals surface area contributed by atoms with Crippen LogP contribution in [0.15, 0.2) is 0 Å². The molecule has 2 fully saturated rings. The first kappa shape index (κ1) is 13.8. The number of piperidine rings is 1. The van der Waals surface area contributed by atoms with Gasteiger partial charge in [0.2, 0.25) is 5.91 Å². The van der Waals surface area contributed by atoms with Crippen molar-refractivity contribution in [3.05, 3.63) is 0 Å². The molecule has 2 rings (SSSR count). The molecule has 0 aromatic carbocycles. The van der Waals surface area contributed by atoms with Crippen molar-refractivity contribution in [2.24, 2.45) is 11.7 Å². The molecule has 0 aromatic heterocycles. The Bertz CT molecular complexity index is 276. The van der Waals surface area contributed by atoms with Gasteiger partial charge in [-0.1, -0.05) is 12.8 Å². The van der Waals surface area contributed by atoms with Gasteiger partial charge in [0, 0.05) is 24.0 Å². The SMILES string of the molecule is C[C@H](NC(=O)[C@@H]1CCC[C@@H](N)C1)[C@@H]1CCCCN1. The molecule has 4 atom stereocenters. The van der Waals surface area contributed by atoms with Crippen LogP contribution < -0.4 is 16.4 Å². The maximum absolute atomic E-state index is 12.2. The minimum atomic E-state index is 0.139. The normalized spacial score (nSPS) is 34.9. The van der Waals surface area contributed by atoms with Crippen LogP contribution in [0.4, 0.5) is 0 Å². The molecule has 0 spiro atoms. The van der Waals surface area contributed by atoms with Crippen molar-refractivity contribution in [2.75, 3.05) is 6.54 Å². The van der Waals surface area contributed by atoms with Crippen LogP contribution in [0, 0.1) is 5.92 Å². The molecular formula is C14H27N3O. The zero-order chi connectivity index (χ0) is 13.0. The van der Waals surface area contributed by atoms with E-state index in [1.54, 1.807) is 0 Å². The summed E-state index contributed by atoms with van der Waals surface area (Å²) in [4.78, 5) is 12.2. The van der Waals surface area contributed by atoms with Gasteiger partial charge in [-0.05, 0) is 45.6 Å². The molecule has 4 N–H and O–H groups in total. The minimum Gasteiger partial charge on any atom is -0.352 e. The first-order chi connectivity index (χ1) is 8.66. The summed E-state index contributed by atoms with van der Waals surface area (Å²) < 4.78 is 0. The summed E-state index contributed by atoms with van der Waals surface area (Å²) in [6.45, 7) is 3.20. The van der Waals surface area contributed by atoms with E-state index >= 15 is 0 Å². The summed E-state index contributed by atoms with van der Waals surface area (Å²) in [6.07, 6.45) is 7.73. The van der Waals surface area contributed by atoms with Crippen molar-refractivity contribution in [2.45, 2.75) is 70.0 Å². The summed E-state index contributed by atoms with van der Waals surface area (Å²) in [6, 6.07) is 0.897. The molecule has 104 valence electrons. The van der Waals surface area contributed by atoms with Crippen molar-refractivity contribution in [1.82, 2.24) is 10.6 Å². The monoisotopic (exact) mass is 253 g/mol. The Morgan fingerprint density at radius 2 is 2.11 bits per heavy atom. The van der Waals surface area contributed by atoms with Gasteiger partial charge in [0.15, 0.2) is 0 Å². The van der Waals surface area contributed by atoms with Crippen molar-refractivity contribution < 1.29 is 4.79 Å². The predicted octanol–water partition coefficient (Wildman–Crippen LogP) is 1.15. The van der Waals surface area contributed by atoms with Crippen molar-refractivity contribution in [3.63, 3.8) is 0 Å². The van der Waals surface area contributed by atoms with E-state index in [2.05, 4.69) is 17.6 Å². The molecule has 0 radical (unpaired) electrons. The third-order valence-corrected chi connectivity index (χ3v) is 4.41. The Morgan fingerprint density at radius 1 is 1.28 bits per heavy atom. The highest BCUT2D eigenvalue weighted by Gasteiger charge is 2.28. The fourth-order valence-electron chi connectivity index (χ4n) is 3.21. The molecule has 1 saturated heterocycles. The number of hydrogen-bond donors (Lipinski definition) is 3. The lowest BCUT2D eigenvalue weighted by Gasteiger charge is -2.32. The third kappa shape index (κ3) is 3.69. The highest BCUT2D eigenvalue weighted by molar-refractivity contribution is 5.79. The average molecular weight is 253 g/mol. The number of amides is 1. The number of carbonyl (C=O) groups excluding carboxylic acids is 1. The second-order valence-corrected chi connectivity index (χ2v) is 5.98. The topological polar surface area (TPSA) is 67.2 Å².